The third-order valence-corrected chi connectivity index (χ3v) is 12.4. The normalized spacial score (nSPS) is 11.5. The standard InChI is InChI=1S/C60H40N2O/c1-2-18-41(19-3-1)46-22-4-5-23-48(46)49-24-6-7-25-50(49)51-26-8-12-32-56(51)61(43-38-36-42(37-39-43)47-30-17-31-55-54-29-11-15-35-59(54)63-60(47)55)44-20-16-21-45(40-44)62-57-33-13-9-27-52(57)53-28-10-14-34-58(53)62/h1-40H. The Morgan fingerprint density at radius 3 is 1.56 bits per heavy atom. The summed E-state index contributed by atoms with van der Waals surface area (Å²) in [5, 5.41) is 4.73. The Bertz CT molecular complexity index is 3580. The van der Waals surface area contributed by atoms with E-state index in [-0.39, 0.29) is 0 Å². The van der Waals surface area contributed by atoms with Gasteiger partial charge in [0.2, 0.25) is 0 Å². The second kappa shape index (κ2) is 15.3. The van der Waals surface area contributed by atoms with E-state index >= 15 is 0 Å². The SMILES string of the molecule is c1ccc(-c2ccccc2-c2ccccc2-c2ccccc2N(c2ccc(-c3cccc4c3oc3ccccc34)cc2)c2cccc(-n3c4ccccc4c4ccccc43)c2)cc1. The van der Waals surface area contributed by atoms with Crippen LogP contribution in [0.1, 0.15) is 0 Å². The number of para-hydroxylation sites is 5. The number of fused-ring (bicyclic) bond motifs is 6. The number of aromatic nitrogens is 1. The monoisotopic (exact) mass is 804 g/mol. The first-order valence-electron chi connectivity index (χ1n) is 21.5. The molecule has 2 heterocycles. The topological polar surface area (TPSA) is 21.3 Å². The van der Waals surface area contributed by atoms with Gasteiger partial charge >= 0.3 is 0 Å². The van der Waals surface area contributed by atoms with Crippen LogP contribution in [0.15, 0.2) is 247 Å². The Balaban J connectivity index is 1.06. The van der Waals surface area contributed by atoms with Crippen LogP contribution in [0, 0.1) is 0 Å². The lowest BCUT2D eigenvalue weighted by atomic mass is 9.88. The number of furan rings is 1. The third kappa shape index (κ3) is 6.21. The molecule has 0 aliphatic rings. The zero-order valence-corrected chi connectivity index (χ0v) is 34.4. The number of benzene rings is 10. The summed E-state index contributed by atoms with van der Waals surface area (Å²) in [6.07, 6.45) is 0. The predicted octanol–water partition coefficient (Wildman–Crippen LogP) is 16.8. The lowest BCUT2D eigenvalue weighted by Crippen LogP contribution is -2.12. The maximum atomic E-state index is 6.50. The zero-order valence-electron chi connectivity index (χ0n) is 34.4. The van der Waals surface area contributed by atoms with Crippen molar-refractivity contribution >= 4 is 60.8 Å². The molecule has 0 N–H and O–H groups in total. The summed E-state index contributed by atoms with van der Waals surface area (Å²) in [5.41, 5.74) is 17.7. The first kappa shape index (κ1) is 36.5. The summed E-state index contributed by atoms with van der Waals surface area (Å²) in [4.78, 5) is 2.41. The molecule has 3 heteroatoms. The van der Waals surface area contributed by atoms with Crippen molar-refractivity contribution in [3.8, 4) is 50.2 Å². The van der Waals surface area contributed by atoms with Crippen LogP contribution in [-0.2, 0) is 0 Å². The maximum Gasteiger partial charge on any atom is 0.143 e. The van der Waals surface area contributed by atoms with E-state index in [0.29, 0.717) is 0 Å². The second-order valence-electron chi connectivity index (χ2n) is 16.0. The van der Waals surface area contributed by atoms with Crippen LogP contribution in [0.3, 0.4) is 0 Å². The molecule has 0 aliphatic heterocycles. The molecule has 0 unspecified atom stereocenters. The summed E-state index contributed by atoms with van der Waals surface area (Å²) >= 11 is 0. The highest BCUT2D eigenvalue weighted by atomic mass is 16.3. The molecule has 0 atom stereocenters. The zero-order chi connectivity index (χ0) is 41.7. The Labute approximate surface area is 366 Å². The minimum absolute atomic E-state index is 0.897. The molecule has 0 saturated heterocycles. The fourth-order valence-corrected chi connectivity index (χ4v) is 9.60. The first-order valence-corrected chi connectivity index (χ1v) is 21.5. The van der Waals surface area contributed by atoms with Crippen LogP contribution in [0.2, 0.25) is 0 Å². The van der Waals surface area contributed by atoms with Gasteiger partial charge in [0.05, 0.1) is 16.7 Å². The second-order valence-corrected chi connectivity index (χ2v) is 16.0. The molecule has 0 spiro atoms. The van der Waals surface area contributed by atoms with Gasteiger partial charge in [-0.15, -0.1) is 0 Å². The first-order chi connectivity index (χ1) is 31.3. The molecule has 0 amide bonds. The van der Waals surface area contributed by atoms with Gasteiger partial charge in [0.25, 0.3) is 0 Å². The van der Waals surface area contributed by atoms with E-state index in [4.69, 9.17) is 4.42 Å². The third-order valence-electron chi connectivity index (χ3n) is 12.4. The molecule has 296 valence electrons. The van der Waals surface area contributed by atoms with Crippen LogP contribution in [0.25, 0.3) is 93.9 Å². The van der Waals surface area contributed by atoms with Crippen molar-refractivity contribution in [3.05, 3.63) is 243 Å². The van der Waals surface area contributed by atoms with Gasteiger partial charge in [-0.25, -0.2) is 0 Å². The molecule has 3 nitrogen and oxygen atoms in total. The molecular weight excluding hydrogens is 765 g/mol. The highest BCUT2D eigenvalue weighted by Gasteiger charge is 2.22. The van der Waals surface area contributed by atoms with Crippen LogP contribution in [0.4, 0.5) is 17.1 Å². The molecule has 0 radical (unpaired) electrons. The predicted molar refractivity (Wildman–Crippen MR) is 264 cm³/mol. The minimum Gasteiger partial charge on any atom is -0.455 e. The van der Waals surface area contributed by atoms with Crippen molar-refractivity contribution in [1.29, 1.82) is 0 Å². The van der Waals surface area contributed by atoms with E-state index < -0.39 is 0 Å². The minimum atomic E-state index is 0.897. The Kier molecular flexibility index (Phi) is 8.83. The molecule has 0 fully saturated rings. The van der Waals surface area contributed by atoms with Crippen molar-refractivity contribution in [2.75, 3.05) is 4.90 Å². The van der Waals surface area contributed by atoms with Gasteiger partial charge < -0.3 is 13.9 Å². The van der Waals surface area contributed by atoms with E-state index in [0.717, 1.165) is 66.9 Å². The van der Waals surface area contributed by atoms with E-state index in [1.54, 1.807) is 0 Å². The lowest BCUT2D eigenvalue weighted by Gasteiger charge is -2.29. The molecular formula is C60H40N2O. The number of hydrogen-bond donors (Lipinski definition) is 0. The summed E-state index contributed by atoms with van der Waals surface area (Å²) in [6, 6.07) is 87.1. The smallest absolute Gasteiger partial charge is 0.143 e. The lowest BCUT2D eigenvalue weighted by molar-refractivity contribution is 0.670. The van der Waals surface area contributed by atoms with Crippen molar-refractivity contribution < 1.29 is 4.42 Å². The van der Waals surface area contributed by atoms with Crippen molar-refractivity contribution in [1.82, 2.24) is 4.57 Å². The van der Waals surface area contributed by atoms with Crippen LogP contribution >= 0.6 is 0 Å². The van der Waals surface area contributed by atoms with E-state index in [1.165, 1.54) is 44.1 Å². The van der Waals surface area contributed by atoms with Crippen LogP contribution < -0.4 is 4.90 Å². The number of hydrogen-bond acceptors (Lipinski definition) is 2. The molecule has 0 aliphatic carbocycles. The van der Waals surface area contributed by atoms with Gasteiger partial charge in [0.15, 0.2) is 0 Å². The highest BCUT2D eigenvalue weighted by molar-refractivity contribution is 6.10. The van der Waals surface area contributed by atoms with Gasteiger partial charge in [-0.05, 0) is 88.0 Å². The largest absolute Gasteiger partial charge is 0.455 e. The summed E-state index contributed by atoms with van der Waals surface area (Å²) in [7, 11) is 0. The number of nitrogens with zero attached hydrogens (tertiary/aromatic N) is 2. The van der Waals surface area contributed by atoms with Crippen molar-refractivity contribution in [2.24, 2.45) is 0 Å². The average Bonchev–Trinajstić information content (AvgIpc) is 3.91. The summed E-state index contributed by atoms with van der Waals surface area (Å²) in [5.74, 6) is 0. The van der Waals surface area contributed by atoms with Crippen molar-refractivity contribution in [3.63, 3.8) is 0 Å². The Morgan fingerprint density at radius 2 is 0.825 bits per heavy atom. The summed E-state index contributed by atoms with van der Waals surface area (Å²) in [6.45, 7) is 0. The molecule has 2 aromatic heterocycles. The van der Waals surface area contributed by atoms with E-state index in [2.05, 4.69) is 240 Å². The van der Waals surface area contributed by atoms with E-state index in [1.807, 2.05) is 12.1 Å². The molecule has 0 bridgehead atoms. The quantitative estimate of drug-likeness (QED) is 0.153. The Hall–Kier alpha value is -8.40. The number of anilines is 3. The molecule has 12 rings (SSSR count). The molecule has 10 aromatic carbocycles. The summed E-state index contributed by atoms with van der Waals surface area (Å²) < 4.78 is 8.89. The van der Waals surface area contributed by atoms with Gasteiger partial charge in [-0.3, -0.25) is 0 Å². The van der Waals surface area contributed by atoms with Gasteiger partial charge in [-0.2, -0.15) is 0 Å². The van der Waals surface area contributed by atoms with E-state index in [9.17, 15) is 0 Å². The Morgan fingerprint density at radius 1 is 0.317 bits per heavy atom. The average molecular weight is 805 g/mol. The molecule has 12 aromatic rings. The van der Waals surface area contributed by atoms with Gasteiger partial charge in [0, 0.05) is 49.7 Å². The van der Waals surface area contributed by atoms with Crippen LogP contribution in [-0.4, -0.2) is 4.57 Å². The highest BCUT2D eigenvalue weighted by Crippen LogP contribution is 2.46. The molecule has 0 saturated carbocycles. The van der Waals surface area contributed by atoms with Crippen molar-refractivity contribution in [2.45, 2.75) is 0 Å². The van der Waals surface area contributed by atoms with Crippen LogP contribution in [0.5, 0.6) is 0 Å². The fourth-order valence-electron chi connectivity index (χ4n) is 9.60. The molecule has 63 heavy (non-hydrogen) atoms. The fraction of sp³-hybridized carbons (Fsp3) is 0. The maximum absolute atomic E-state index is 6.50. The van der Waals surface area contributed by atoms with Gasteiger partial charge in [-0.1, -0.05) is 188 Å². The van der Waals surface area contributed by atoms with Gasteiger partial charge in [0.1, 0.15) is 11.2 Å². The number of rotatable bonds is 8.